The average molecular weight is 759 g/mol. The molecule has 1 aliphatic carbocycles. The molecule has 0 unspecified atom stereocenters. The first-order valence-corrected chi connectivity index (χ1v) is 18.7. The second-order valence-corrected chi connectivity index (χ2v) is 15.3. The first-order chi connectivity index (χ1) is 26.4. The van der Waals surface area contributed by atoms with E-state index in [0.717, 1.165) is 80.8 Å². The quantitative estimate of drug-likeness (QED) is 0.168. The highest BCUT2D eigenvalue weighted by Gasteiger charge is 2.37. The van der Waals surface area contributed by atoms with Crippen LogP contribution in [-0.2, 0) is 25.9 Å². The van der Waals surface area contributed by atoms with Gasteiger partial charge in [-0.25, -0.2) is 9.55 Å². The van der Waals surface area contributed by atoms with Crippen molar-refractivity contribution >= 4 is 23.2 Å². The summed E-state index contributed by atoms with van der Waals surface area (Å²) < 4.78 is 20.2. The Bertz CT molecular complexity index is 2780. The minimum Gasteiger partial charge on any atom is -0.332 e. The van der Waals surface area contributed by atoms with Gasteiger partial charge in [-0.05, 0) is 49.2 Å². The van der Waals surface area contributed by atoms with Gasteiger partial charge < -0.3 is 13.6 Å². The maximum Gasteiger partial charge on any atom is 0.302 e. The smallest absolute Gasteiger partial charge is 0.302 e. The van der Waals surface area contributed by atoms with E-state index in [9.17, 15) is 0 Å². The summed E-state index contributed by atoms with van der Waals surface area (Å²) in [7, 11) is 0. The number of H-pyrrole nitrogens is 1. The number of halogens is 2. The van der Waals surface area contributed by atoms with Gasteiger partial charge in [-0.15, -0.1) is 0 Å². The van der Waals surface area contributed by atoms with Gasteiger partial charge in [-0.1, -0.05) is 47.4 Å². The highest BCUT2D eigenvalue weighted by atomic mass is 35.5. The number of aromatic amines is 1. The molecule has 0 radical (unpaired) electrons. The molecule has 8 aromatic rings. The number of hydrogen-bond donors (Lipinski definition) is 1. The number of aryl methyl sites for hydroxylation is 2. The SMILES string of the molecule is CC(C)c1noc(-c2ncn3c2Cc2cn(CC[n+]4cn5c(c4-c4nc(C6CC6)no4)Cc4cn[nH]c4-c4cc(Cl)ccc4-5)nc2-c2cc(Cl)ccc2-3)n1. The van der Waals surface area contributed by atoms with E-state index < -0.39 is 0 Å². The third kappa shape index (κ3) is 5.00. The highest BCUT2D eigenvalue weighted by molar-refractivity contribution is 6.31. The third-order valence-electron chi connectivity index (χ3n) is 10.5. The average Bonchev–Trinajstić information content (AvgIpc) is 3.76. The number of benzene rings is 2. The Morgan fingerprint density at radius 2 is 1.67 bits per heavy atom. The molecule has 2 aliphatic heterocycles. The standard InChI is InChI=1S/C38H31Cl2N12O2/c1-19(2)35-43-37(53-47-35)33-29-12-22-16-50(46-32(22)26-14-24(40)5-7-27(26)51(29)17-41-33)10-9-49-18-52-28-8-6-23(39)13-25(28)31-21(15-42-45-31)11-30(52)34(49)38-44-36(48-54-38)20-3-4-20/h5-8,13-20H,3-4,9-12H2,1-2H3,(H,42,45)/q+1. The molecular weight excluding hydrogens is 727 g/mol. The molecule has 0 spiro atoms. The number of imidazole rings is 2. The second kappa shape index (κ2) is 11.8. The van der Waals surface area contributed by atoms with Crippen molar-refractivity contribution in [3.8, 4) is 57.1 Å². The lowest BCUT2D eigenvalue weighted by molar-refractivity contribution is -0.687. The van der Waals surface area contributed by atoms with Gasteiger partial charge in [0.2, 0.25) is 12.0 Å². The van der Waals surface area contributed by atoms with E-state index in [1.165, 1.54) is 0 Å². The van der Waals surface area contributed by atoms with E-state index in [1.54, 1.807) is 6.33 Å². The van der Waals surface area contributed by atoms with Gasteiger partial charge in [0.15, 0.2) is 23.0 Å². The lowest BCUT2D eigenvalue weighted by atomic mass is 10.0. The summed E-state index contributed by atoms with van der Waals surface area (Å²) in [6.45, 7) is 5.20. The third-order valence-corrected chi connectivity index (χ3v) is 11.0. The second-order valence-electron chi connectivity index (χ2n) is 14.4. The van der Waals surface area contributed by atoms with Crippen molar-refractivity contribution in [3.05, 3.63) is 106 Å². The van der Waals surface area contributed by atoms with E-state index in [4.69, 9.17) is 47.3 Å². The van der Waals surface area contributed by atoms with Gasteiger partial charge in [-0.3, -0.25) is 9.78 Å². The predicted octanol–water partition coefficient (Wildman–Crippen LogP) is 7.12. The molecular formula is C38H31Cl2N12O2+. The summed E-state index contributed by atoms with van der Waals surface area (Å²) in [6, 6.07) is 11.8. The summed E-state index contributed by atoms with van der Waals surface area (Å²) in [5.74, 6) is 2.77. The van der Waals surface area contributed by atoms with E-state index in [2.05, 4.69) is 51.7 Å². The molecule has 6 aromatic heterocycles. The Balaban J connectivity index is 0.998. The van der Waals surface area contributed by atoms with Crippen LogP contribution in [0.25, 0.3) is 57.1 Å². The van der Waals surface area contributed by atoms with Crippen LogP contribution in [0.5, 0.6) is 0 Å². The van der Waals surface area contributed by atoms with Crippen molar-refractivity contribution in [1.82, 2.24) is 54.4 Å². The molecule has 1 saturated carbocycles. The molecule has 2 aromatic carbocycles. The van der Waals surface area contributed by atoms with Crippen molar-refractivity contribution < 1.29 is 13.6 Å². The first-order valence-electron chi connectivity index (χ1n) is 17.9. The molecule has 0 atom stereocenters. The van der Waals surface area contributed by atoms with Gasteiger partial charge >= 0.3 is 5.89 Å². The Hall–Kier alpha value is -5.86. The van der Waals surface area contributed by atoms with Crippen LogP contribution in [0.4, 0.5) is 0 Å². The fraction of sp³-hybridized carbons (Fsp3) is 0.263. The van der Waals surface area contributed by atoms with E-state index in [-0.39, 0.29) is 5.92 Å². The monoisotopic (exact) mass is 757 g/mol. The molecule has 11 rings (SSSR count). The van der Waals surface area contributed by atoms with Crippen LogP contribution in [0, 0.1) is 0 Å². The highest BCUT2D eigenvalue weighted by Crippen LogP contribution is 2.42. The Kier molecular flexibility index (Phi) is 6.93. The number of hydrogen-bond acceptors (Lipinski definition) is 9. The van der Waals surface area contributed by atoms with E-state index >= 15 is 0 Å². The molecule has 16 heteroatoms. The fourth-order valence-corrected chi connectivity index (χ4v) is 8.03. The normalized spacial score (nSPS) is 14.2. The number of rotatable bonds is 7. The van der Waals surface area contributed by atoms with Crippen molar-refractivity contribution in [3.63, 3.8) is 0 Å². The van der Waals surface area contributed by atoms with Crippen LogP contribution >= 0.6 is 23.2 Å². The van der Waals surface area contributed by atoms with Gasteiger partial charge in [0.05, 0.1) is 35.5 Å². The first kappa shape index (κ1) is 31.6. The van der Waals surface area contributed by atoms with Crippen molar-refractivity contribution in [2.45, 2.75) is 64.5 Å². The molecule has 3 aliphatic rings. The maximum absolute atomic E-state index is 6.60. The summed E-state index contributed by atoms with van der Waals surface area (Å²) in [5, 5.41) is 22.6. The predicted molar refractivity (Wildman–Crippen MR) is 197 cm³/mol. The van der Waals surface area contributed by atoms with E-state index in [1.807, 2.05) is 61.1 Å². The van der Waals surface area contributed by atoms with Crippen LogP contribution in [0.3, 0.4) is 0 Å². The van der Waals surface area contributed by atoms with Crippen LogP contribution < -0.4 is 4.57 Å². The lowest BCUT2D eigenvalue weighted by Crippen LogP contribution is -2.36. The largest absolute Gasteiger partial charge is 0.332 e. The molecule has 8 heterocycles. The van der Waals surface area contributed by atoms with Crippen molar-refractivity contribution in [1.29, 1.82) is 0 Å². The number of aromatic nitrogens is 12. The Morgan fingerprint density at radius 3 is 2.46 bits per heavy atom. The van der Waals surface area contributed by atoms with Gasteiger partial charge in [0, 0.05) is 63.2 Å². The summed E-state index contributed by atoms with van der Waals surface area (Å²) >= 11 is 13.1. The van der Waals surface area contributed by atoms with Crippen LogP contribution in [0.2, 0.25) is 10.0 Å². The lowest BCUT2D eigenvalue weighted by Gasteiger charge is -2.10. The van der Waals surface area contributed by atoms with Crippen LogP contribution in [0.1, 0.15) is 72.7 Å². The molecule has 268 valence electrons. The maximum atomic E-state index is 6.60. The zero-order valence-electron chi connectivity index (χ0n) is 29.2. The van der Waals surface area contributed by atoms with Crippen LogP contribution in [-0.4, -0.2) is 54.4 Å². The van der Waals surface area contributed by atoms with Crippen LogP contribution in [0.15, 0.2) is 70.5 Å². The van der Waals surface area contributed by atoms with E-state index in [0.29, 0.717) is 65.2 Å². The minimum absolute atomic E-state index is 0.127. The number of nitrogens with zero attached hydrogens (tertiary/aromatic N) is 11. The molecule has 0 saturated heterocycles. The molecule has 1 N–H and O–H groups in total. The zero-order chi connectivity index (χ0) is 36.2. The van der Waals surface area contributed by atoms with Gasteiger partial charge in [0.25, 0.3) is 5.89 Å². The molecule has 14 nitrogen and oxygen atoms in total. The molecule has 0 amide bonds. The minimum atomic E-state index is 0.127. The zero-order valence-corrected chi connectivity index (χ0v) is 30.7. The fourth-order valence-electron chi connectivity index (χ4n) is 7.68. The number of fused-ring (bicyclic) bond motifs is 10. The van der Waals surface area contributed by atoms with Crippen molar-refractivity contribution in [2.24, 2.45) is 0 Å². The Morgan fingerprint density at radius 1 is 0.889 bits per heavy atom. The van der Waals surface area contributed by atoms with Gasteiger partial charge in [-0.2, -0.15) is 24.7 Å². The van der Waals surface area contributed by atoms with Crippen molar-refractivity contribution in [2.75, 3.05) is 0 Å². The summed E-state index contributed by atoms with van der Waals surface area (Å²) in [4.78, 5) is 14.3. The van der Waals surface area contributed by atoms with Gasteiger partial charge in [0.1, 0.15) is 18.6 Å². The molecule has 1 fully saturated rings. The number of nitrogens with one attached hydrogen (secondary N) is 1. The Labute approximate surface area is 317 Å². The summed E-state index contributed by atoms with van der Waals surface area (Å²) in [5.41, 5.74) is 11.2. The summed E-state index contributed by atoms with van der Waals surface area (Å²) in [6.07, 6.45) is 11.2. The topological polar surface area (TPSA) is 151 Å². The molecule has 54 heavy (non-hydrogen) atoms. The molecule has 0 bridgehead atoms.